The molecule has 4 aromatic rings. The van der Waals surface area contributed by atoms with Gasteiger partial charge in [0.1, 0.15) is 12.4 Å². The van der Waals surface area contributed by atoms with Crippen molar-refractivity contribution in [3.8, 4) is 16.5 Å². The number of carbonyl (C=O) groups excluding carboxylic acids is 1. The fourth-order valence-corrected chi connectivity index (χ4v) is 4.53. The van der Waals surface area contributed by atoms with Gasteiger partial charge in [0.2, 0.25) is 0 Å². The third-order valence-corrected chi connectivity index (χ3v) is 6.46. The molecule has 0 saturated carbocycles. The second-order valence-corrected chi connectivity index (χ2v) is 8.72. The van der Waals surface area contributed by atoms with Gasteiger partial charge in [0.25, 0.3) is 5.91 Å². The third kappa shape index (κ3) is 5.30. The standard InChI is InChI=1S/C25H24N4O3S/c30-25(20-5-7-22(8-6-20)32-17-19-3-1-9-26-15-19)29-12-10-28(11-13-29)16-21-18-33-24(27-21)23-4-2-14-31-23/h1-9,14-15,18H,10-13,16-17H2. The van der Waals surface area contributed by atoms with E-state index in [0.717, 1.165) is 47.4 Å². The van der Waals surface area contributed by atoms with Gasteiger partial charge in [-0.15, -0.1) is 11.3 Å². The molecule has 4 heterocycles. The number of thiazole rings is 1. The molecule has 1 fully saturated rings. The summed E-state index contributed by atoms with van der Waals surface area (Å²) in [6.45, 7) is 4.28. The summed E-state index contributed by atoms with van der Waals surface area (Å²) >= 11 is 1.59. The van der Waals surface area contributed by atoms with E-state index in [1.54, 1.807) is 30.0 Å². The first-order chi connectivity index (χ1) is 16.2. The zero-order valence-electron chi connectivity index (χ0n) is 18.1. The van der Waals surface area contributed by atoms with Gasteiger partial charge in [0, 0.05) is 61.6 Å². The van der Waals surface area contributed by atoms with Crippen LogP contribution in [0.2, 0.25) is 0 Å². The first kappa shape index (κ1) is 21.4. The third-order valence-electron chi connectivity index (χ3n) is 5.56. The van der Waals surface area contributed by atoms with E-state index in [4.69, 9.17) is 9.15 Å². The van der Waals surface area contributed by atoms with Crippen molar-refractivity contribution in [2.75, 3.05) is 26.2 Å². The fourth-order valence-electron chi connectivity index (χ4n) is 3.76. The summed E-state index contributed by atoms with van der Waals surface area (Å²) in [4.78, 5) is 25.9. The number of rotatable bonds is 7. The largest absolute Gasteiger partial charge is 0.489 e. The molecular formula is C25H24N4O3S. The maximum absolute atomic E-state index is 12.9. The van der Waals surface area contributed by atoms with Crippen LogP contribution in [-0.2, 0) is 13.2 Å². The molecule has 1 aliphatic heterocycles. The zero-order valence-corrected chi connectivity index (χ0v) is 18.9. The molecule has 1 aliphatic rings. The van der Waals surface area contributed by atoms with Crippen molar-refractivity contribution in [1.82, 2.24) is 19.8 Å². The molecule has 168 valence electrons. The summed E-state index contributed by atoms with van der Waals surface area (Å²) < 4.78 is 11.2. The van der Waals surface area contributed by atoms with Crippen LogP contribution in [0.3, 0.4) is 0 Å². The van der Waals surface area contributed by atoms with Crippen LogP contribution < -0.4 is 4.74 Å². The summed E-state index contributed by atoms with van der Waals surface area (Å²) in [6.07, 6.45) is 5.18. The minimum absolute atomic E-state index is 0.0576. The van der Waals surface area contributed by atoms with Crippen molar-refractivity contribution < 1.29 is 13.9 Å². The summed E-state index contributed by atoms with van der Waals surface area (Å²) in [5.74, 6) is 1.59. The van der Waals surface area contributed by atoms with Crippen molar-refractivity contribution in [3.05, 3.63) is 89.4 Å². The quantitative estimate of drug-likeness (QED) is 0.409. The molecule has 3 aromatic heterocycles. The Morgan fingerprint density at radius 1 is 1.06 bits per heavy atom. The minimum Gasteiger partial charge on any atom is -0.489 e. The number of hydrogen-bond acceptors (Lipinski definition) is 7. The lowest BCUT2D eigenvalue weighted by molar-refractivity contribution is 0.0627. The van der Waals surface area contributed by atoms with Crippen molar-refractivity contribution in [3.63, 3.8) is 0 Å². The van der Waals surface area contributed by atoms with E-state index in [-0.39, 0.29) is 5.91 Å². The van der Waals surface area contributed by atoms with Gasteiger partial charge in [-0.3, -0.25) is 14.7 Å². The van der Waals surface area contributed by atoms with Crippen LogP contribution in [0.15, 0.2) is 77.0 Å². The van der Waals surface area contributed by atoms with E-state index in [1.807, 2.05) is 53.4 Å². The van der Waals surface area contributed by atoms with Crippen LogP contribution in [0.5, 0.6) is 5.75 Å². The average molecular weight is 461 g/mol. The first-order valence-electron chi connectivity index (χ1n) is 10.9. The van der Waals surface area contributed by atoms with Crippen molar-refractivity contribution in [2.24, 2.45) is 0 Å². The molecule has 0 unspecified atom stereocenters. The predicted octanol–water partition coefficient (Wildman–Crippen LogP) is 4.34. The molecule has 1 aromatic carbocycles. The number of pyridine rings is 1. The Morgan fingerprint density at radius 2 is 1.91 bits per heavy atom. The number of carbonyl (C=O) groups is 1. The van der Waals surface area contributed by atoms with Gasteiger partial charge in [-0.2, -0.15) is 0 Å². The zero-order chi connectivity index (χ0) is 22.5. The summed E-state index contributed by atoms with van der Waals surface area (Å²) in [5, 5.41) is 2.98. The molecule has 1 saturated heterocycles. The van der Waals surface area contributed by atoms with Crippen molar-refractivity contribution in [1.29, 1.82) is 0 Å². The molecule has 1 amide bonds. The molecule has 7 nitrogen and oxygen atoms in total. The number of nitrogens with zero attached hydrogens (tertiary/aromatic N) is 4. The molecule has 0 bridgehead atoms. The predicted molar refractivity (Wildman–Crippen MR) is 126 cm³/mol. The molecule has 0 N–H and O–H groups in total. The van der Waals surface area contributed by atoms with Gasteiger partial charge in [0.05, 0.1) is 12.0 Å². The van der Waals surface area contributed by atoms with Gasteiger partial charge in [-0.1, -0.05) is 6.07 Å². The normalized spacial score (nSPS) is 14.4. The van der Waals surface area contributed by atoms with E-state index >= 15 is 0 Å². The number of furan rings is 1. The molecular weight excluding hydrogens is 436 g/mol. The Bertz CT molecular complexity index is 1170. The number of hydrogen-bond donors (Lipinski definition) is 0. The van der Waals surface area contributed by atoms with E-state index in [9.17, 15) is 4.79 Å². The lowest BCUT2D eigenvalue weighted by atomic mass is 10.1. The van der Waals surface area contributed by atoms with Crippen LogP contribution in [0, 0.1) is 0 Å². The number of benzene rings is 1. The molecule has 0 spiro atoms. The van der Waals surface area contributed by atoms with Gasteiger partial charge in [0.15, 0.2) is 10.8 Å². The molecule has 0 atom stereocenters. The lowest BCUT2D eigenvalue weighted by Crippen LogP contribution is -2.48. The number of ether oxygens (including phenoxy) is 1. The highest BCUT2D eigenvalue weighted by atomic mass is 32.1. The maximum atomic E-state index is 12.9. The highest BCUT2D eigenvalue weighted by molar-refractivity contribution is 7.13. The Hall–Kier alpha value is -3.49. The maximum Gasteiger partial charge on any atom is 0.253 e. The molecule has 33 heavy (non-hydrogen) atoms. The van der Waals surface area contributed by atoms with E-state index in [0.29, 0.717) is 25.3 Å². The fraction of sp³-hybridized carbons (Fsp3) is 0.240. The second kappa shape index (κ2) is 9.97. The molecule has 5 rings (SSSR count). The SMILES string of the molecule is O=C(c1ccc(OCc2cccnc2)cc1)N1CCN(Cc2csc(-c3ccco3)n2)CC1. The topological polar surface area (TPSA) is 71.7 Å². The van der Waals surface area contributed by atoms with Gasteiger partial charge >= 0.3 is 0 Å². The van der Waals surface area contributed by atoms with Gasteiger partial charge in [-0.25, -0.2) is 4.98 Å². The smallest absolute Gasteiger partial charge is 0.253 e. The van der Waals surface area contributed by atoms with Crippen molar-refractivity contribution >= 4 is 17.2 Å². The van der Waals surface area contributed by atoms with Crippen LogP contribution in [-0.4, -0.2) is 51.9 Å². The van der Waals surface area contributed by atoms with Gasteiger partial charge < -0.3 is 14.1 Å². The number of aromatic nitrogens is 2. The van der Waals surface area contributed by atoms with Crippen molar-refractivity contribution in [2.45, 2.75) is 13.2 Å². The Labute approximate surface area is 196 Å². The molecule has 0 aliphatic carbocycles. The summed E-state index contributed by atoms with van der Waals surface area (Å²) in [7, 11) is 0. The monoisotopic (exact) mass is 460 g/mol. The van der Waals surface area contributed by atoms with E-state index in [1.165, 1.54) is 0 Å². The van der Waals surface area contributed by atoms with Crippen LogP contribution >= 0.6 is 11.3 Å². The number of amides is 1. The van der Waals surface area contributed by atoms with Crippen LogP contribution in [0.25, 0.3) is 10.8 Å². The highest BCUT2D eigenvalue weighted by Gasteiger charge is 2.23. The highest BCUT2D eigenvalue weighted by Crippen LogP contribution is 2.25. The van der Waals surface area contributed by atoms with Crippen LogP contribution in [0.4, 0.5) is 0 Å². The van der Waals surface area contributed by atoms with E-state index in [2.05, 4.69) is 20.2 Å². The number of piperazine rings is 1. The van der Waals surface area contributed by atoms with Gasteiger partial charge in [-0.05, 0) is 42.5 Å². The van der Waals surface area contributed by atoms with E-state index < -0.39 is 0 Å². The Morgan fingerprint density at radius 3 is 2.64 bits per heavy atom. The van der Waals surface area contributed by atoms with Crippen LogP contribution in [0.1, 0.15) is 21.6 Å². The molecule has 0 radical (unpaired) electrons. The Balaban J connectivity index is 1.11. The second-order valence-electron chi connectivity index (χ2n) is 7.86. The first-order valence-corrected chi connectivity index (χ1v) is 11.7. The molecule has 8 heteroatoms. The lowest BCUT2D eigenvalue weighted by Gasteiger charge is -2.34. The minimum atomic E-state index is 0.0576. The summed E-state index contributed by atoms with van der Waals surface area (Å²) in [5.41, 5.74) is 2.72. The Kier molecular flexibility index (Phi) is 6.46. The summed E-state index contributed by atoms with van der Waals surface area (Å²) in [6, 6.07) is 15.0. The average Bonchev–Trinajstić information content (AvgIpc) is 3.56.